The second-order valence-corrected chi connectivity index (χ2v) is 9.55. The topological polar surface area (TPSA) is 58.1 Å². The monoisotopic (exact) mass is 464 g/mol. The summed E-state index contributed by atoms with van der Waals surface area (Å²) in [7, 11) is 0. The first kappa shape index (κ1) is 23.0. The highest BCUT2D eigenvalue weighted by Crippen LogP contribution is 2.27. The quantitative estimate of drug-likeness (QED) is 0.378. The van der Waals surface area contributed by atoms with E-state index in [9.17, 15) is 4.79 Å². The molecule has 0 radical (unpaired) electrons. The fourth-order valence-electron chi connectivity index (χ4n) is 5.05. The molecule has 0 spiro atoms. The van der Waals surface area contributed by atoms with Crippen LogP contribution in [-0.4, -0.2) is 33.9 Å². The van der Waals surface area contributed by atoms with Crippen LogP contribution in [0.2, 0.25) is 0 Å². The standard InChI is InChI=1S/C30H32N4O/c1-22-8-9-25(18-29(22)33-19-24-10-13-31-14-11-24)30(35)34-15-4-5-23(12-16-34)17-27-21-32-20-26-6-2-3-7-28(26)27/h2-3,6-11,13-14,18,20-21,23,33H,4-5,12,15-17,19H2,1H3/t23-/m1/s1. The van der Waals surface area contributed by atoms with Crippen molar-refractivity contribution < 1.29 is 4.79 Å². The second kappa shape index (κ2) is 10.7. The highest BCUT2D eigenvalue weighted by atomic mass is 16.2. The van der Waals surface area contributed by atoms with E-state index in [1.54, 1.807) is 12.4 Å². The van der Waals surface area contributed by atoms with Crippen LogP contribution in [0.5, 0.6) is 0 Å². The summed E-state index contributed by atoms with van der Waals surface area (Å²) in [4.78, 5) is 24.0. The van der Waals surface area contributed by atoms with Crippen LogP contribution >= 0.6 is 0 Å². The largest absolute Gasteiger partial charge is 0.381 e. The van der Waals surface area contributed by atoms with E-state index >= 15 is 0 Å². The lowest BCUT2D eigenvalue weighted by molar-refractivity contribution is 0.0760. The minimum absolute atomic E-state index is 0.129. The number of amides is 1. The van der Waals surface area contributed by atoms with Crippen LogP contribution in [-0.2, 0) is 13.0 Å². The zero-order chi connectivity index (χ0) is 24.0. The zero-order valence-corrected chi connectivity index (χ0v) is 20.3. The predicted molar refractivity (Wildman–Crippen MR) is 141 cm³/mol. The molecule has 2 aromatic carbocycles. The van der Waals surface area contributed by atoms with Crippen molar-refractivity contribution in [3.05, 3.63) is 102 Å². The Morgan fingerprint density at radius 2 is 1.86 bits per heavy atom. The molecule has 4 aromatic rings. The van der Waals surface area contributed by atoms with E-state index in [0.717, 1.165) is 61.2 Å². The van der Waals surface area contributed by atoms with E-state index in [1.165, 1.54) is 16.3 Å². The molecule has 1 N–H and O–H groups in total. The van der Waals surface area contributed by atoms with Gasteiger partial charge in [0, 0.05) is 61.1 Å². The number of nitrogens with zero attached hydrogens (tertiary/aromatic N) is 3. The molecule has 1 amide bonds. The number of aromatic nitrogens is 2. The lowest BCUT2D eigenvalue weighted by Crippen LogP contribution is -2.32. The van der Waals surface area contributed by atoms with E-state index in [0.29, 0.717) is 12.5 Å². The van der Waals surface area contributed by atoms with E-state index in [1.807, 2.05) is 47.6 Å². The number of rotatable bonds is 6. The number of hydrogen-bond donors (Lipinski definition) is 1. The Morgan fingerprint density at radius 1 is 1.00 bits per heavy atom. The Bertz CT molecular complexity index is 1300. The first-order valence-corrected chi connectivity index (χ1v) is 12.5. The van der Waals surface area contributed by atoms with Crippen molar-refractivity contribution in [3.8, 4) is 0 Å². The molecular weight excluding hydrogens is 432 g/mol. The molecule has 0 aliphatic carbocycles. The summed E-state index contributed by atoms with van der Waals surface area (Å²) in [5, 5.41) is 5.98. The molecule has 1 atom stereocenters. The smallest absolute Gasteiger partial charge is 0.253 e. The Balaban J connectivity index is 1.23. The highest BCUT2D eigenvalue weighted by Gasteiger charge is 2.23. The molecule has 0 bridgehead atoms. The molecular formula is C30H32N4O. The lowest BCUT2D eigenvalue weighted by atomic mass is 9.91. The molecule has 0 unspecified atom stereocenters. The number of carbonyl (C=O) groups is 1. The summed E-state index contributed by atoms with van der Waals surface area (Å²) in [5.74, 6) is 0.695. The van der Waals surface area contributed by atoms with Crippen molar-refractivity contribution in [1.29, 1.82) is 0 Å². The fraction of sp³-hybridized carbons (Fsp3) is 0.300. The summed E-state index contributed by atoms with van der Waals surface area (Å²) in [6.45, 7) is 4.39. The van der Waals surface area contributed by atoms with Crippen molar-refractivity contribution in [2.24, 2.45) is 5.92 Å². The number of benzene rings is 2. The van der Waals surface area contributed by atoms with E-state index in [4.69, 9.17) is 0 Å². The maximum atomic E-state index is 13.4. The number of pyridine rings is 2. The number of fused-ring (bicyclic) bond motifs is 1. The maximum absolute atomic E-state index is 13.4. The predicted octanol–water partition coefficient (Wildman–Crippen LogP) is 6.04. The molecule has 3 heterocycles. The number of nitrogens with one attached hydrogen (secondary N) is 1. The molecule has 1 aliphatic rings. The molecule has 35 heavy (non-hydrogen) atoms. The minimum Gasteiger partial charge on any atom is -0.381 e. The Labute approximate surface area is 207 Å². The average molecular weight is 465 g/mol. The van der Waals surface area contributed by atoms with Gasteiger partial charge in [-0.2, -0.15) is 0 Å². The SMILES string of the molecule is Cc1ccc(C(=O)N2CCC[C@@H](Cc3cncc4ccccc34)CC2)cc1NCc1ccncc1. The van der Waals surface area contributed by atoms with Crippen LogP contribution in [0, 0.1) is 12.8 Å². The van der Waals surface area contributed by atoms with Crippen LogP contribution in [0.1, 0.15) is 46.3 Å². The fourth-order valence-corrected chi connectivity index (χ4v) is 5.05. The summed E-state index contributed by atoms with van der Waals surface area (Å²) >= 11 is 0. The van der Waals surface area contributed by atoms with Crippen molar-refractivity contribution in [2.75, 3.05) is 18.4 Å². The number of hydrogen-bond acceptors (Lipinski definition) is 4. The Morgan fingerprint density at radius 3 is 2.74 bits per heavy atom. The lowest BCUT2D eigenvalue weighted by Gasteiger charge is -2.22. The molecule has 5 nitrogen and oxygen atoms in total. The van der Waals surface area contributed by atoms with Crippen LogP contribution < -0.4 is 5.32 Å². The zero-order valence-electron chi connectivity index (χ0n) is 20.3. The molecule has 5 heteroatoms. The number of carbonyl (C=O) groups excluding carboxylic acids is 1. The van der Waals surface area contributed by atoms with E-state index in [2.05, 4.69) is 46.5 Å². The van der Waals surface area contributed by atoms with Gasteiger partial charge in [-0.1, -0.05) is 30.3 Å². The third-order valence-corrected chi connectivity index (χ3v) is 7.11. The minimum atomic E-state index is 0.129. The van der Waals surface area contributed by atoms with Crippen molar-refractivity contribution in [2.45, 2.75) is 39.2 Å². The molecule has 2 aromatic heterocycles. The molecule has 1 fully saturated rings. The van der Waals surface area contributed by atoms with E-state index in [-0.39, 0.29) is 5.91 Å². The van der Waals surface area contributed by atoms with Crippen LogP contribution in [0.4, 0.5) is 5.69 Å². The number of anilines is 1. The number of likely N-dealkylation sites (tertiary alicyclic amines) is 1. The third-order valence-electron chi connectivity index (χ3n) is 7.11. The summed E-state index contributed by atoms with van der Waals surface area (Å²) < 4.78 is 0. The van der Waals surface area contributed by atoms with Gasteiger partial charge in [0.05, 0.1) is 0 Å². The van der Waals surface area contributed by atoms with Crippen molar-refractivity contribution >= 4 is 22.4 Å². The van der Waals surface area contributed by atoms with Crippen molar-refractivity contribution in [3.63, 3.8) is 0 Å². The van der Waals surface area contributed by atoms with Crippen LogP contribution in [0.25, 0.3) is 10.8 Å². The summed E-state index contributed by atoms with van der Waals surface area (Å²) in [5.41, 5.74) is 5.37. The molecule has 1 aliphatic heterocycles. The third kappa shape index (κ3) is 5.51. The van der Waals surface area contributed by atoms with Gasteiger partial charge in [-0.3, -0.25) is 14.8 Å². The van der Waals surface area contributed by atoms with Crippen LogP contribution in [0.3, 0.4) is 0 Å². The van der Waals surface area contributed by atoms with Gasteiger partial charge in [0.25, 0.3) is 5.91 Å². The molecule has 0 saturated carbocycles. The Kier molecular flexibility index (Phi) is 7.03. The normalized spacial score (nSPS) is 16.1. The van der Waals surface area contributed by atoms with E-state index < -0.39 is 0 Å². The average Bonchev–Trinajstić information content (AvgIpc) is 3.14. The Hall–Kier alpha value is -3.73. The van der Waals surface area contributed by atoms with Gasteiger partial charge in [0.2, 0.25) is 0 Å². The highest BCUT2D eigenvalue weighted by molar-refractivity contribution is 5.95. The summed E-state index contributed by atoms with van der Waals surface area (Å²) in [6.07, 6.45) is 11.8. The first-order chi connectivity index (χ1) is 17.2. The number of aryl methyl sites for hydroxylation is 1. The van der Waals surface area contributed by atoms with Crippen molar-refractivity contribution in [1.82, 2.24) is 14.9 Å². The second-order valence-electron chi connectivity index (χ2n) is 9.55. The van der Waals surface area contributed by atoms with Gasteiger partial charge in [-0.15, -0.1) is 0 Å². The van der Waals surface area contributed by atoms with Gasteiger partial charge < -0.3 is 10.2 Å². The maximum Gasteiger partial charge on any atom is 0.253 e. The van der Waals surface area contributed by atoms with Gasteiger partial charge in [-0.25, -0.2) is 0 Å². The van der Waals surface area contributed by atoms with Crippen LogP contribution in [0.15, 0.2) is 79.4 Å². The van der Waals surface area contributed by atoms with Gasteiger partial charge >= 0.3 is 0 Å². The van der Waals surface area contributed by atoms with Gasteiger partial charge in [0.1, 0.15) is 0 Å². The molecule has 1 saturated heterocycles. The van der Waals surface area contributed by atoms with Gasteiger partial charge in [0.15, 0.2) is 0 Å². The molecule has 5 rings (SSSR count). The molecule has 178 valence electrons. The van der Waals surface area contributed by atoms with Gasteiger partial charge in [-0.05, 0) is 84.9 Å². The summed E-state index contributed by atoms with van der Waals surface area (Å²) in [6, 6.07) is 18.5. The first-order valence-electron chi connectivity index (χ1n) is 12.5.